The molecule has 0 spiro atoms. The van der Waals surface area contributed by atoms with Gasteiger partial charge in [-0.25, -0.2) is 0 Å². The van der Waals surface area contributed by atoms with Gasteiger partial charge in [0.05, 0.1) is 0 Å². The lowest BCUT2D eigenvalue weighted by Crippen LogP contribution is -2.27. The van der Waals surface area contributed by atoms with E-state index in [1.807, 2.05) is 19.1 Å². The fourth-order valence-electron chi connectivity index (χ4n) is 3.39. The van der Waals surface area contributed by atoms with Gasteiger partial charge in [-0.05, 0) is 60.9 Å². The summed E-state index contributed by atoms with van der Waals surface area (Å²) in [6, 6.07) is 29.5. The fourth-order valence-corrected chi connectivity index (χ4v) is 7.03. The van der Waals surface area contributed by atoms with Gasteiger partial charge in [0.1, 0.15) is 27.2 Å². The third-order valence-corrected chi connectivity index (χ3v) is 9.76. The first-order chi connectivity index (χ1) is 14.1. The van der Waals surface area contributed by atoms with E-state index in [0.29, 0.717) is 0 Å². The van der Waals surface area contributed by atoms with Crippen molar-refractivity contribution in [1.82, 2.24) is 0 Å². The summed E-state index contributed by atoms with van der Waals surface area (Å²) in [7, 11) is 3.30. The Balaban J connectivity index is 1.92. The van der Waals surface area contributed by atoms with E-state index < -0.39 is 6.62 Å². The maximum atomic E-state index is 7.44. The van der Waals surface area contributed by atoms with E-state index in [2.05, 4.69) is 78.9 Å². The predicted octanol–water partition coefficient (Wildman–Crippen LogP) is 5.24. The summed E-state index contributed by atoms with van der Waals surface area (Å²) >= 11 is 7.44. The molecule has 0 radical (unpaired) electrons. The summed E-state index contributed by atoms with van der Waals surface area (Å²) in [5.74, 6) is 0. The molecule has 4 heteroatoms. The van der Waals surface area contributed by atoms with Crippen LogP contribution in [0.3, 0.4) is 0 Å². The minimum absolute atomic E-state index is 0.299. The van der Waals surface area contributed by atoms with E-state index in [9.17, 15) is 0 Å². The lowest BCUT2D eigenvalue weighted by atomic mass is 10.1. The highest BCUT2D eigenvalue weighted by Crippen LogP contribution is 2.60. The van der Waals surface area contributed by atoms with Crippen molar-refractivity contribution in [1.29, 1.82) is 0 Å². The van der Waals surface area contributed by atoms with Crippen molar-refractivity contribution in [2.75, 3.05) is 14.2 Å². The fraction of sp³-hybridized carbons (Fsp3) is 0.200. The monoisotopic (exact) mass is 425 g/mol. The average molecular weight is 426 g/mol. The zero-order valence-electron chi connectivity index (χ0n) is 17.1. The second-order valence-electron chi connectivity index (χ2n) is 6.88. The van der Waals surface area contributed by atoms with Crippen LogP contribution in [0.15, 0.2) is 96.6 Å². The summed E-state index contributed by atoms with van der Waals surface area (Å²) in [6.45, 7) is -0.173. The molecule has 0 heterocycles. The van der Waals surface area contributed by atoms with Crippen LogP contribution >= 0.6 is 17.9 Å². The predicted molar refractivity (Wildman–Crippen MR) is 126 cm³/mol. The van der Waals surface area contributed by atoms with E-state index in [4.69, 9.17) is 20.7 Å². The molecule has 3 aromatic rings. The molecule has 0 aliphatic carbocycles. The number of allylic oxidation sites excluding steroid dienone is 1. The summed E-state index contributed by atoms with van der Waals surface area (Å²) in [5.41, 5.74) is 2.29. The van der Waals surface area contributed by atoms with E-state index in [1.54, 1.807) is 14.2 Å². The first-order valence-corrected chi connectivity index (χ1v) is 12.3. The Morgan fingerprint density at radius 3 is 1.69 bits per heavy atom. The Morgan fingerprint density at radius 2 is 1.24 bits per heavy atom. The zero-order chi connectivity index (χ0) is 20.7. The largest absolute Gasteiger partial charge is 0.352 e. The smallest absolute Gasteiger partial charge is 0.210 e. The quantitative estimate of drug-likeness (QED) is 0.279. The van der Waals surface area contributed by atoms with Gasteiger partial charge in [-0.3, -0.25) is 0 Å². The minimum Gasteiger partial charge on any atom is -0.352 e. The topological polar surface area (TPSA) is 18.5 Å². The van der Waals surface area contributed by atoms with Gasteiger partial charge in [0.15, 0.2) is 6.29 Å². The standard InChI is InChI=1S/C25H27ClO2P/c1-20(25(27-2)28-3)14-15-21-16-18-24(19-17-21)29(26,22-10-6-4-7-11-22)23-12-8-5-9-13-23/h4-14,16-19,25H,15H2,1-3H3/q+1/b20-14+. The molecule has 0 amide bonds. The van der Waals surface area contributed by atoms with Gasteiger partial charge in [-0.15, -0.1) is 0 Å². The summed E-state index contributed by atoms with van der Waals surface area (Å²) < 4.78 is 10.6. The van der Waals surface area contributed by atoms with Crippen LogP contribution in [-0.2, 0) is 15.9 Å². The number of rotatable bonds is 8. The van der Waals surface area contributed by atoms with E-state index in [-0.39, 0.29) is 6.29 Å². The van der Waals surface area contributed by atoms with E-state index in [0.717, 1.165) is 17.3 Å². The van der Waals surface area contributed by atoms with Crippen LogP contribution in [0.2, 0.25) is 0 Å². The zero-order valence-corrected chi connectivity index (χ0v) is 18.7. The van der Waals surface area contributed by atoms with Crippen LogP contribution in [0.4, 0.5) is 0 Å². The molecule has 0 bridgehead atoms. The average Bonchev–Trinajstić information content (AvgIpc) is 2.79. The third-order valence-electron chi connectivity index (χ3n) is 4.98. The van der Waals surface area contributed by atoms with Gasteiger partial charge >= 0.3 is 0 Å². The van der Waals surface area contributed by atoms with Crippen LogP contribution in [-0.4, -0.2) is 20.5 Å². The Bertz CT molecular complexity index is 881. The molecule has 0 unspecified atom stereocenters. The molecule has 0 saturated heterocycles. The van der Waals surface area contributed by atoms with Crippen LogP contribution in [0.5, 0.6) is 0 Å². The van der Waals surface area contributed by atoms with E-state index in [1.165, 1.54) is 16.2 Å². The Labute approximate surface area is 179 Å². The highest BCUT2D eigenvalue weighted by atomic mass is 35.7. The molecule has 2 nitrogen and oxygen atoms in total. The van der Waals surface area contributed by atoms with Crippen molar-refractivity contribution in [3.05, 3.63) is 102 Å². The van der Waals surface area contributed by atoms with Gasteiger partial charge in [0, 0.05) is 14.2 Å². The molecular formula is C25H27ClO2P+. The summed E-state index contributed by atoms with van der Waals surface area (Å²) in [4.78, 5) is 0. The van der Waals surface area contributed by atoms with Crippen molar-refractivity contribution < 1.29 is 9.47 Å². The maximum absolute atomic E-state index is 7.44. The van der Waals surface area contributed by atoms with Crippen molar-refractivity contribution in [3.8, 4) is 0 Å². The highest BCUT2D eigenvalue weighted by molar-refractivity contribution is 8.14. The van der Waals surface area contributed by atoms with Crippen LogP contribution in [0.1, 0.15) is 12.5 Å². The maximum Gasteiger partial charge on any atom is 0.210 e. The normalized spacial score (nSPS) is 12.4. The van der Waals surface area contributed by atoms with Crippen LogP contribution in [0, 0.1) is 0 Å². The molecule has 3 rings (SSSR count). The van der Waals surface area contributed by atoms with E-state index >= 15 is 0 Å². The van der Waals surface area contributed by atoms with Crippen molar-refractivity contribution in [2.24, 2.45) is 0 Å². The van der Waals surface area contributed by atoms with Crippen LogP contribution in [0.25, 0.3) is 0 Å². The lowest BCUT2D eigenvalue weighted by Gasteiger charge is -2.19. The van der Waals surface area contributed by atoms with Gasteiger partial charge in [-0.2, -0.15) is 0 Å². The summed E-state index contributed by atoms with van der Waals surface area (Å²) in [6.07, 6.45) is 2.66. The molecular weight excluding hydrogens is 399 g/mol. The van der Waals surface area contributed by atoms with Crippen molar-refractivity contribution in [3.63, 3.8) is 0 Å². The van der Waals surface area contributed by atoms with Gasteiger partial charge < -0.3 is 9.47 Å². The molecule has 150 valence electrons. The minimum atomic E-state index is -2.19. The molecule has 3 aromatic carbocycles. The third kappa shape index (κ3) is 4.97. The molecule has 29 heavy (non-hydrogen) atoms. The molecule has 0 aliphatic rings. The first kappa shape index (κ1) is 21.7. The lowest BCUT2D eigenvalue weighted by molar-refractivity contribution is -0.0748. The van der Waals surface area contributed by atoms with Gasteiger partial charge in [0.2, 0.25) is 6.62 Å². The molecule has 0 saturated carbocycles. The number of halogens is 1. The van der Waals surface area contributed by atoms with Crippen LogP contribution < -0.4 is 15.9 Å². The second-order valence-corrected chi connectivity index (χ2v) is 11.1. The second kappa shape index (κ2) is 10.2. The molecule has 0 fully saturated rings. The molecule has 0 atom stereocenters. The molecule has 0 N–H and O–H groups in total. The van der Waals surface area contributed by atoms with Crippen molar-refractivity contribution >= 4 is 33.8 Å². The number of ether oxygens (including phenoxy) is 2. The Morgan fingerprint density at radius 1 is 0.793 bits per heavy atom. The summed E-state index contributed by atoms with van der Waals surface area (Å²) in [5, 5.41) is 3.49. The number of hydrogen-bond donors (Lipinski definition) is 0. The number of methoxy groups -OCH3 is 2. The Hall–Kier alpha value is -1.96. The van der Waals surface area contributed by atoms with Gasteiger partial charge in [-0.1, -0.05) is 54.6 Å². The highest BCUT2D eigenvalue weighted by Gasteiger charge is 2.44. The number of hydrogen-bond acceptors (Lipinski definition) is 2. The van der Waals surface area contributed by atoms with Gasteiger partial charge in [0.25, 0.3) is 0 Å². The molecule has 0 aromatic heterocycles. The number of benzene rings is 3. The van der Waals surface area contributed by atoms with Crippen molar-refractivity contribution in [2.45, 2.75) is 19.6 Å². The first-order valence-electron chi connectivity index (χ1n) is 9.61. The SMILES string of the molecule is COC(OC)/C(C)=C/Cc1ccc([P+](Cl)(c2ccccc2)c2ccccc2)cc1. The molecule has 0 aliphatic heterocycles. The Kier molecular flexibility index (Phi) is 7.64.